The van der Waals surface area contributed by atoms with Gasteiger partial charge in [0, 0.05) is 12.2 Å². The van der Waals surface area contributed by atoms with Crippen molar-refractivity contribution in [2.45, 2.75) is 12.5 Å². The van der Waals surface area contributed by atoms with Gasteiger partial charge in [0.05, 0.1) is 5.69 Å². The third kappa shape index (κ3) is 2.20. The van der Waals surface area contributed by atoms with Crippen LogP contribution in [0.4, 0.5) is 20.6 Å². The van der Waals surface area contributed by atoms with Crippen molar-refractivity contribution in [2.24, 2.45) is 0 Å². The van der Waals surface area contributed by atoms with Crippen LogP contribution in [0.5, 0.6) is 0 Å². The van der Waals surface area contributed by atoms with Gasteiger partial charge in [0.2, 0.25) is 5.91 Å². The summed E-state index contributed by atoms with van der Waals surface area (Å²) in [4.78, 5) is 23.6. The van der Waals surface area contributed by atoms with Crippen molar-refractivity contribution in [3.63, 3.8) is 0 Å². The predicted molar refractivity (Wildman–Crippen MR) is 62.7 cm³/mol. The zero-order valence-corrected chi connectivity index (χ0v) is 9.39. The van der Waals surface area contributed by atoms with Crippen molar-refractivity contribution < 1.29 is 19.1 Å². The van der Waals surface area contributed by atoms with E-state index in [4.69, 9.17) is 10.8 Å². The zero-order chi connectivity index (χ0) is 13.3. The van der Waals surface area contributed by atoms with Crippen LogP contribution in [0.2, 0.25) is 0 Å². The lowest BCUT2D eigenvalue weighted by Crippen LogP contribution is -2.41. The third-order valence-corrected chi connectivity index (χ3v) is 2.77. The topological polar surface area (TPSA) is 95.7 Å². The van der Waals surface area contributed by atoms with E-state index in [1.165, 1.54) is 17.0 Å². The number of hydrogen-bond donors (Lipinski definition) is 3. The highest BCUT2D eigenvalue weighted by molar-refractivity contribution is 6.00. The third-order valence-electron chi connectivity index (χ3n) is 2.77. The summed E-state index contributed by atoms with van der Waals surface area (Å²) in [5.41, 5.74) is 5.80. The molecule has 1 aromatic carbocycles. The molecule has 2 rings (SSSR count). The summed E-state index contributed by atoms with van der Waals surface area (Å²) in [6, 6.07) is 3.20. The number of anilines is 2. The van der Waals surface area contributed by atoms with Crippen LogP contribution in [0, 0.1) is 5.82 Å². The summed E-state index contributed by atoms with van der Waals surface area (Å²) in [5, 5.41) is 10.7. The molecule has 1 aliphatic heterocycles. The molecular weight excluding hydrogens is 241 g/mol. The molecule has 18 heavy (non-hydrogen) atoms. The number of nitrogens with zero attached hydrogens (tertiary/aromatic N) is 1. The van der Waals surface area contributed by atoms with Crippen LogP contribution in [0.1, 0.15) is 6.42 Å². The van der Waals surface area contributed by atoms with Crippen molar-refractivity contribution in [1.82, 2.24) is 5.32 Å². The Morgan fingerprint density at radius 1 is 1.56 bits per heavy atom. The number of benzene rings is 1. The van der Waals surface area contributed by atoms with Gasteiger partial charge in [0.1, 0.15) is 11.9 Å². The molecule has 96 valence electrons. The van der Waals surface area contributed by atoms with E-state index in [1.807, 2.05) is 0 Å². The van der Waals surface area contributed by atoms with Crippen LogP contribution >= 0.6 is 0 Å². The predicted octanol–water partition coefficient (Wildman–Crippen LogP) is 0.781. The number of carbonyl (C=O) groups excluding carboxylic acids is 1. The molecule has 4 N–H and O–H groups in total. The lowest BCUT2D eigenvalue weighted by Gasteiger charge is -2.17. The molecule has 0 aromatic heterocycles. The van der Waals surface area contributed by atoms with E-state index in [-0.39, 0.29) is 17.9 Å². The molecule has 1 saturated heterocycles. The van der Waals surface area contributed by atoms with E-state index in [9.17, 15) is 14.0 Å². The molecule has 0 spiro atoms. The molecule has 1 aromatic rings. The van der Waals surface area contributed by atoms with Crippen molar-refractivity contribution >= 4 is 23.4 Å². The highest BCUT2D eigenvalue weighted by Crippen LogP contribution is 2.26. The number of rotatable bonds is 2. The molecule has 0 bridgehead atoms. The number of carbonyl (C=O) groups is 2. The molecule has 7 heteroatoms. The van der Waals surface area contributed by atoms with Crippen LogP contribution in [0.15, 0.2) is 18.2 Å². The van der Waals surface area contributed by atoms with Crippen molar-refractivity contribution in [3.05, 3.63) is 24.0 Å². The normalized spacial score (nSPS) is 19.1. The number of nitrogens with one attached hydrogen (secondary N) is 1. The quantitative estimate of drug-likeness (QED) is 0.679. The maximum atomic E-state index is 13.7. The fourth-order valence-electron chi connectivity index (χ4n) is 1.94. The van der Waals surface area contributed by atoms with Gasteiger partial charge in [-0.1, -0.05) is 0 Å². The van der Waals surface area contributed by atoms with Crippen LogP contribution in [-0.4, -0.2) is 29.7 Å². The average molecular weight is 253 g/mol. The fourth-order valence-corrected chi connectivity index (χ4v) is 1.94. The number of carboxylic acid groups (broad SMARTS) is 1. The Morgan fingerprint density at radius 3 is 2.89 bits per heavy atom. The first-order chi connectivity index (χ1) is 8.49. The number of nitrogens with two attached hydrogens (primary N) is 1. The molecule has 1 fully saturated rings. The highest BCUT2D eigenvalue weighted by Gasteiger charge is 2.34. The molecule has 1 heterocycles. The molecule has 2 amide bonds. The van der Waals surface area contributed by atoms with Gasteiger partial charge in [0.25, 0.3) is 0 Å². The number of amides is 2. The van der Waals surface area contributed by atoms with Crippen LogP contribution in [0.25, 0.3) is 0 Å². The van der Waals surface area contributed by atoms with E-state index in [0.717, 1.165) is 6.07 Å². The molecule has 1 aliphatic rings. The van der Waals surface area contributed by atoms with Crippen molar-refractivity contribution in [1.29, 1.82) is 0 Å². The molecule has 1 atom stereocenters. The minimum Gasteiger partial charge on any atom is -0.465 e. The standard InChI is InChI=1S/C11H12FN3O3/c12-7-5-6(13)1-2-9(7)15-4-3-8(10(15)16)14-11(17)18/h1-2,5,8,14H,3-4,13H2,(H,17,18)/t8-/m0/s1. The monoisotopic (exact) mass is 253 g/mol. The van der Waals surface area contributed by atoms with E-state index in [0.29, 0.717) is 6.42 Å². The highest BCUT2D eigenvalue weighted by atomic mass is 19.1. The first-order valence-electron chi connectivity index (χ1n) is 5.35. The molecule has 0 aliphatic carbocycles. The summed E-state index contributed by atoms with van der Waals surface area (Å²) in [7, 11) is 0. The largest absolute Gasteiger partial charge is 0.465 e. The second kappa shape index (κ2) is 4.52. The molecular formula is C11H12FN3O3. The molecule has 0 radical (unpaired) electrons. The average Bonchev–Trinajstić information content (AvgIpc) is 2.60. The summed E-state index contributed by atoms with van der Waals surface area (Å²) in [6.07, 6.45) is -0.956. The Hall–Kier alpha value is -2.31. The number of hydrogen-bond acceptors (Lipinski definition) is 3. The minimum absolute atomic E-state index is 0.115. The van der Waals surface area contributed by atoms with E-state index < -0.39 is 23.9 Å². The van der Waals surface area contributed by atoms with Gasteiger partial charge in [-0.3, -0.25) is 4.79 Å². The number of halogens is 1. The van der Waals surface area contributed by atoms with Crippen molar-refractivity contribution in [3.8, 4) is 0 Å². The Morgan fingerprint density at radius 2 is 2.28 bits per heavy atom. The Labute approximate surface area is 102 Å². The Kier molecular flexibility index (Phi) is 3.05. The first kappa shape index (κ1) is 12.2. The van der Waals surface area contributed by atoms with Gasteiger partial charge in [-0.25, -0.2) is 9.18 Å². The van der Waals surface area contributed by atoms with Gasteiger partial charge in [-0.05, 0) is 24.6 Å². The SMILES string of the molecule is Nc1ccc(N2CC[C@H](NC(=O)O)C2=O)c(F)c1. The maximum absolute atomic E-state index is 13.7. The Balaban J connectivity index is 2.20. The second-order valence-corrected chi connectivity index (χ2v) is 3.99. The second-order valence-electron chi connectivity index (χ2n) is 3.99. The van der Waals surface area contributed by atoms with E-state index in [2.05, 4.69) is 5.32 Å². The first-order valence-corrected chi connectivity index (χ1v) is 5.35. The van der Waals surface area contributed by atoms with Crippen molar-refractivity contribution in [2.75, 3.05) is 17.2 Å². The lowest BCUT2D eigenvalue weighted by atomic mass is 10.2. The van der Waals surface area contributed by atoms with Gasteiger partial charge in [-0.2, -0.15) is 0 Å². The maximum Gasteiger partial charge on any atom is 0.405 e. The molecule has 0 saturated carbocycles. The summed E-state index contributed by atoms with van der Waals surface area (Å²) < 4.78 is 13.7. The number of nitrogen functional groups attached to an aromatic ring is 1. The van der Waals surface area contributed by atoms with Gasteiger partial charge >= 0.3 is 6.09 Å². The molecule has 0 unspecified atom stereocenters. The van der Waals surface area contributed by atoms with Crippen LogP contribution < -0.4 is 16.0 Å². The Bertz CT molecular complexity index is 506. The van der Waals surface area contributed by atoms with Crippen LogP contribution in [-0.2, 0) is 4.79 Å². The van der Waals surface area contributed by atoms with Gasteiger partial charge in [0.15, 0.2) is 0 Å². The van der Waals surface area contributed by atoms with Crippen LogP contribution in [0.3, 0.4) is 0 Å². The molecule has 6 nitrogen and oxygen atoms in total. The van der Waals surface area contributed by atoms with E-state index >= 15 is 0 Å². The zero-order valence-electron chi connectivity index (χ0n) is 9.39. The summed E-state index contributed by atoms with van der Waals surface area (Å²) >= 11 is 0. The summed E-state index contributed by atoms with van der Waals surface area (Å²) in [5.74, 6) is -1.06. The van der Waals surface area contributed by atoms with E-state index in [1.54, 1.807) is 0 Å². The minimum atomic E-state index is -1.27. The fraction of sp³-hybridized carbons (Fsp3) is 0.273. The van der Waals surface area contributed by atoms with Gasteiger partial charge < -0.3 is 21.1 Å². The van der Waals surface area contributed by atoms with Gasteiger partial charge in [-0.15, -0.1) is 0 Å². The summed E-state index contributed by atoms with van der Waals surface area (Å²) in [6.45, 7) is 0.268. The lowest BCUT2D eigenvalue weighted by molar-refractivity contribution is -0.118. The smallest absolute Gasteiger partial charge is 0.405 e.